The maximum atomic E-state index is 14.8. The molecule has 1 aliphatic rings. The zero-order valence-electron chi connectivity index (χ0n) is 19.1. The summed E-state index contributed by atoms with van der Waals surface area (Å²) < 4.78 is 72.6. The molecule has 1 aliphatic carbocycles. The third-order valence-corrected chi connectivity index (χ3v) is 6.65. The number of methoxy groups -OCH3 is 1. The van der Waals surface area contributed by atoms with Crippen LogP contribution in [0.15, 0.2) is 48.5 Å². The maximum Gasteiger partial charge on any atom is 0.414 e. The van der Waals surface area contributed by atoms with Crippen LogP contribution in [0.2, 0.25) is 0 Å². The minimum atomic E-state index is -4.49. The van der Waals surface area contributed by atoms with Crippen molar-refractivity contribution in [1.82, 2.24) is 0 Å². The summed E-state index contributed by atoms with van der Waals surface area (Å²) in [6, 6.07) is 12.2. The molecule has 0 saturated heterocycles. The zero-order chi connectivity index (χ0) is 24.0. The number of halogens is 5. The summed E-state index contributed by atoms with van der Waals surface area (Å²) in [4.78, 5) is 0. The number of hydrogen-bond donors (Lipinski definition) is 0. The van der Waals surface area contributed by atoms with Crippen LogP contribution in [0.5, 0.6) is 0 Å². The van der Waals surface area contributed by atoms with Gasteiger partial charge in [0.05, 0.1) is 0 Å². The lowest BCUT2D eigenvalue weighted by Crippen LogP contribution is -2.32. The van der Waals surface area contributed by atoms with E-state index in [9.17, 15) is 22.0 Å². The molecule has 0 spiro atoms. The monoisotopic (exact) mass is 466 g/mol. The Morgan fingerprint density at radius 2 is 1.39 bits per heavy atom. The van der Waals surface area contributed by atoms with Gasteiger partial charge in [0.1, 0.15) is 0 Å². The SMILES string of the molecule is CCCC1CCC(c2ccc(/C(F)=C(/F)c3ccc(CC(OC)C(F)(F)F)cc3)cc2)CC1. The summed E-state index contributed by atoms with van der Waals surface area (Å²) in [7, 11) is 0.993. The standard InChI is InChI=1S/C27H31F5O/c1-3-4-18-5-9-20(10-6-18)21-13-15-23(16-14-21)26(29)25(28)22-11-7-19(8-12-22)17-24(33-2)27(30,31)32/h7-8,11-16,18,20,24H,3-6,9-10,17H2,1-2H3/b26-25-. The van der Waals surface area contributed by atoms with Gasteiger partial charge in [0.15, 0.2) is 17.8 Å². The van der Waals surface area contributed by atoms with Crippen LogP contribution in [-0.4, -0.2) is 19.4 Å². The minimum absolute atomic E-state index is 0.0180. The van der Waals surface area contributed by atoms with Crippen LogP contribution in [0, 0.1) is 5.92 Å². The van der Waals surface area contributed by atoms with Gasteiger partial charge in [-0.25, -0.2) is 8.78 Å². The molecule has 33 heavy (non-hydrogen) atoms. The third kappa shape index (κ3) is 6.66. The van der Waals surface area contributed by atoms with Gasteiger partial charge in [0.25, 0.3) is 0 Å². The minimum Gasteiger partial charge on any atom is -0.372 e. The van der Waals surface area contributed by atoms with E-state index in [1.807, 2.05) is 12.1 Å². The Balaban J connectivity index is 1.67. The molecule has 3 rings (SSSR count). The Hall–Kier alpha value is -2.21. The van der Waals surface area contributed by atoms with Gasteiger partial charge >= 0.3 is 6.18 Å². The first kappa shape index (κ1) is 25.4. The molecule has 6 heteroatoms. The molecule has 1 saturated carbocycles. The van der Waals surface area contributed by atoms with Crippen molar-refractivity contribution in [3.05, 3.63) is 70.8 Å². The van der Waals surface area contributed by atoms with E-state index < -0.39 is 30.4 Å². The van der Waals surface area contributed by atoms with Crippen LogP contribution in [0.25, 0.3) is 11.7 Å². The van der Waals surface area contributed by atoms with Gasteiger partial charge in [-0.3, -0.25) is 0 Å². The van der Waals surface area contributed by atoms with E-state index in [4.69, 9.17) is 0 Å². The van der Waals surface area contributed by atoms with Gasteiger partial charge < -0.3 is 4.74 Å². The van der Waals surface area contributed by atoms with E-state index in [1.165, 1.54) is 49.9 Å². The molecule has 2 aromatic rings. The number of alkyl halides is 3. The molecule has 1 unspecified atom stereocenters. The fourth-order valence-corrected chi connectivity index (χ4v) is 4.68. The lowest BCUT2D eigenvalue weighted by molar-refractivity contribution is -0.212. The highest BCUT2D eigenvalue weighted by molar-refractivity contribution is 5.83. The molecular weight excluding hydrogens is 435 g/mol. The molecule has 0 radical (unpaired) electrons. The molecule has 0 N–H and O–H groups in total. The first-order valence-electron chi connectivity index (χ1n) is 11.6. The second-order valence-corrected chi connectivity index (χ2v) is 8.92. The molecule has 1 fully saturated rings. The van der Waals surface area contributed by atoms with Crippen LogP contribution >= 0.6 is 0 Å². The topological polar surface area (TPSA) is 9.23 Å². The second kappa shape index (κ2) is 11.3. The zero-order valence-corrected chi connectivity index (χ0v) is 19.1. The predicted molar refractivity (Wildman–Crippen MR) is 122 cm³/mol. The van der Waals surface area contributed by atoms with Crippen LogP contribution in [-0.2, 0) is 11.2 Å². The van der Waals surface area contributed by atoms with Crippen molar-refractivity contribution in [1.29, 1.82) is 0 Å². The summed E-state index contributed by atoms with van der Waals surface area (Å²) in [5, 5.41) is 0. The summed E-state index contributed by atoms with van der Waals surface area (Å²) in [6.45, 7) is 2.21. The average molecular weight is 467 g/mol. The highest BCUT2D eigenvalue weighted by Gasteiger charge is 2.39. The van der Waals surface area contributed by atoms with E-state index in [1.54, 1.807) is 12.1 Å². The van der Waals surface area contributed by atoms with Gasteiger partial charge in [-0.05, 0) is 48.6 Å². The Kier molecular flexibility index (Phi) is 8.69. The number of benzene rings is 2. The lowest BCUT2D eigenvalue weighted by atomic mass is 9.77. The van der Waals surface area contributed by atoms with Gasteiger partial charge in [0.2, 0.25) is 0 Å². The summed E-state index contributed by atoms with van der Waals surface area (Å²) in [5.41, 5.74) is 1.62. The van der Waals surface area contributed by atoms with Crippen molar-refractivity contribution in [3.8, 4) is 0 Å². The van der Waals surface area contributed by atoms with Crippen molar-refractivity contribution < 1.29 is 26.7 Å². The molecule has 180 valence electrons. The molecule has 2 aromatic carbocycles. The summed E-state index contributed by atoms with van der Waals surface area (Å²) in [6.07, 6.45) is 0.341. The van der Waals surface area contributed by atoms with Crippen LogP contribution < -0.4 is 0 Å². The van der Waals surface area contributed by atoms with Gasteiger partial charge in [0, 0.05) is 24.7 Å². The largest absolute Gasteiger partial charge is 0.414 e. The van der Waals surface area contributed by atoms with E-state index in [2.05, 4.69) is 11.7 Å². The van der Waals surface area contributed by atoms with E-state index in [0.29, 0.717) is 11.5 Å². The summed E-state index contributed by atoms with van der Waals surface area (Å²) in [5.74, 6) is -0.746. The Bertz CT molecular complexity index is 907. The first-order chi connectivity index (χ1) is 15.7. The van der Waals surface area contributed by atoms with Crippen LogP contribution in [0.3, 0.4) is 0 Å². The molecular formula is C27H31F5O. The van der Waals surface area contributed by atoms with Crippen molar-refractivity contribution in [2.75, 3.05) is 7.11 Å². The van der Waals surface area contributed by atoms with Crippen molar-refractivity contribution in [2.45, 2.75) is 70.1 Å². The molecule has 0 aromatic heterocycles. The quantitative estimate of drug-likeness (QED) is 0.279. The van der Waals surface area contributed by atoms with Crippen molar-refractivity contribution >= 4 is 11.7 Å². The fourth-order valence-electron chi connectivity index (χ4n) is 4.68. The Morgan fingerprint density at radius 1 is 0.879 bits per heavy atom. The first-order valence-corrected chi connectivity index (χ1v) is 11.6. The van der Waals surface area contributed by atoms with Crippen molar-refractivity contribution in [2.24, 2.45) is 5.92 Å². The average Bonchev–Trinajstić information content (AvgIpc) is 2.82. The molecule has 0 heterocycles. The summed E-state index contributed by atoms with van der Waals surface area (Å²) >= 11 is 0. The predicted octanol–water partition coefficient (Wildman–Crippen LogP) is 8.65. The van der Waals surface area contributed by atoms with E-state index in [0.717, 1.165) is 31.4 Å². The number of rotatable bonds is 8. The van der Waals surface area contributed by atoms with Gasteiger partial charge in [-0.15, -0.1) is 0 Å². The smallest absolute Gasteiger partial charge is 0.372 e. The van der Waals surface area contributed by atoms with Gasteiger partial charge in [-0.1, -0.05) is 68.3 Å². The fraction of sp³-hybridized carbons (Fsp3) is 0.481. The van der Waals surface area contributed by atoms with Crippen LogP contribution in [0.4, 0.5) is 22.0 Å². The third-order valence-electron chi connectivity index (χ3n) is 6.65. The highest BCUT2D eigenvalue weighted by Crippen LogP contribution is 2.38. The molecule has 1 nitrogen and oxygen atoms in total. The normalized spacial score (nSPS) is 20.9. The maximum absolute atomic E-state index is 14.8. The van der Waals surface area contributed by atoms with E-state index in [-0.39, 0.29) is 11.1 Å². The van der Waals surface area contributed by atoms with Crippen LogP contribution in [0.1, 0.15) is 73.6 Å². The van der Waals surface area contributed by atoms with E-state index >= 15 is 0 Å². The van der Waals surface area contributed by atoms with Crippen molar-refractivity contribution in [3.63, 3.8) is 0 Å². The molecule has 0 amide bonds. The number of hydrogen-bond acceptors (Lipinski definition) is 1. The second-order valence-electron chi connectivity index (χ2n) is 8.92. The Morgan fingerprint density at radius 3 is 1.85 bits per heavy atom. The van der Waals surface area contributed by atoms with Gasteiger partial charge in [-0.2, -0.15) is 13.2 Å². The highest BCUT2D eigenvalue weighted by atomic mass is 19.4. The Labute approximate surface area is 192 Å². The molecule has 1 atom stereocenters. The lowest BCUT2D eigenvalue weighted by Gasteiger charge is -2.28. The number of ether oxygens (including phenoxy) is 1. The molecule has 0 bridgehead atoms. The molecule has 0 aliphatic heterocycles.